The Morgan fingerprint density at radius 3 is 2.59 bits per heavy atom. The zero-order valence-corrected chi connectivity index (χ0v) is 17.2. The molecular formula is C21H18N2O4S2. The molecule has 2 aliphatic rings. The highest BCUT2D eigenvalue weighted by atomic mass is 32.2. The van der Waals surface area contributed by atoms with Crippen molar-refractivity contribution in [3.8, 4) is 11.5 Å². The van der Waals surface area contributed by atoms with E-state index >= 15 is 0 Å². The van der Waals surface area contributed by atoms with Gasteiger partial charge in [0.25, 0.3) is 0 Å². The van der Waals surface area contributed by atoms with E-state index in [-0.39, 0.29) is 12.8 Å². The van der Waals surface area contributed by atoms with Crippen molar-refractivity contribution >= 4 is 32.6 Å². The van der Waals surface area contributed by atoms with E-state index in [1.54, 1.807) is 35.6 Å². The Balaban J connectivity index is 1.54. The molecule has 5 rings (SSSR count). The fraction of sp³-hybridized carbons (Fsp3) is 0.190. The number of thiophene rings is 1. The number of anilines is 1. The van der Waals surface area contributed by atoms with Gasteiger partial charge in [-0.15, -0.1) is 11.3 Å². The summed E-state index contributed by atoms with van der Waals surface area (Å²) in [6, 6.07) is 16.9. The van der Waals surface area contributed by atoms with E-state index in [4.69, 9.17) is 14.6 Å². The summed E-state index contributed by atoms with van der Waals surface area (Å²) >= 11 is 1.66. The van der Waals surface area contributed by atoms with Crippen molar-refractivity contribution in [2.24, 2.45) is 5.10 Å². The fourth-order valence-electron chi connectivity index (χ4n) is 3.57. The molecule has 8 heteroatoms. The molecule has 0 saturated heterocycles. The maximum atomic E-state index is 11.8. The Hall–Kier alpha value is -2.84. The van der Waals surface area contributed by atoms with Gasteiger partial charge < -0.3 is 9.47 Å². The topological polar surface area (TPSA) is 68.2 Å². The van der Waals surface area contributed by atoms with Crippen molar-refractivity contribution in [2.45, 2.75) is 17.4 Å². The third-order valence-corrected chi connectivity index (χ3v) is 7.07. The summed E-state index contributed by atoms with van der Waals surface area (Å²) in [4.78, 5) is 1.42. The number of hydrogen-bond donors (Lipinski definition) is 0. The summed E-state index contributed by atoms with van der Waals surface area (Å²) in [5.74, 6) is 1.48. The van der Waals surface area contributed by atoms with Gasteiger partial charge in [0.05, 0.1) is 27.2 Å². The lowest BCUT2D eigenvalue weighted by atomic mass is 10.0. The molecule has 0 spiro atoms. The average molecular weight is 427 g/mol. The summed E-state index contributed by atoms with van der Waals surface area (Å²) in [7, 11) is -3.24. The molecule has 29 heavy (non-hydrogen) atoms. The Kier molecular flexibility index (Phi) is 4.33. The molecule has 0 saturated carbocycles. The van der Waals surface area contributed by atoms with Crippen LogP contribution in [0.3, 0.4) is 0 Å². The Morgan fingerprint density at radius 1 is 1.07 bits per heavy atom. The van der Waals surface area contributed by atoms with Crippen LogP contribution in [0.2, 0.25) is 0 Å². The number of hydrazone groups is 1. The quantitative estimate of drug-likeness (QED) is 0.624. The summed E-state index contributed by atoms with van der Waals surface area (Å²) in [6.45, 7) is 0.233. The van der Waals surface area contributed by atoms with Crippen molar-refractivity contribution in [3.63, 3.8) is 0 Å². The summed E-state index contributed by atoms with van der Waals surface area (Å²) in [6.07, 6.45) is 1.95. The zero-order valence-electron chi connectivity index (χ0n) is 15.6. The van der Waals surface area contributed by atoms with Gasteiger partial charge in [-0.2, -0.15) is 5.10 Å². The molecule has 0 bridgehead atoms. The predicted molar refractivity (Wildman–Crippen MR) is 113 cm³/mol. The third-order valence-electron chi connectivity index (χ3n) is 5.03. The van der Waals surface area contributed by atoms with E-state index in [0.29, 0.717) is 4.90 Å². The second kappa shape index (κ2) is 6.89. The molecular weight excluding hydrogens is 408 g/mol. The van der Waals surface area contributed by atoms with E-state index < -0.39 is 9.84 Å². The normalized spacial score (nSPS) is 18.2. The van der Waals surface area contributed by atoms with Crippen LogP contribution in [0.15, 0.2) is 70.0 Å². The van der Waals surface area contributed by atoms with Crippen LogP contribution in [-0.4, -0.2) is 27.2 Å². The molecule has 2 aliphatic heterocycles. The first-order chi connectivity index (χ1) is 14.0. The van der Waals surface area contributed by atoms with Crippen LogP contribution in [0.1, 0.15) is 22.9 Å². The first kappa shape index (κ1) is 18.2. The second-order valence-corrected chi connectivity index (χ2v) is 9.93. The zero-order chi connectivity index (χ0) is 20.0. The molecule has 2 aromatic carbocycles. The van der Waals surface area contributed by atoms with Gasteiger partial charge in [0, 0.05) is 12.7 Å². The molecule has 0 amide bonds. The molecule has 148 valence electrons. The van der Waals surface area contributed by atoms with Gasteiger partial charge in [-0.1, -0.05) is 12.1 Å². The third kappa shape index (κ3) is 3.38. The smallest absolute Gasteiger partial charge is 0.231 e. The van der Waals surface area contributed by atoms with E-state index in [2.05, 4.69) is 6.07 Å². The predicted octanol–water partition coefficient (Wildman–Crippen LogP) is 4.24. The maximum Gasteiger partial charge on any atom is 0.231 e. The van der Waals surface area contributed by atoms with Gasteiger partial charge >= 0.3 is 0 Å². The number of sulfone groups is 1. The van der Waals surface area contributed by atoms with Crippen LogP contribution >= 0.6 is 11.3 Å². The molecule has 0 radical (unpaired) electrons. The highest BCUT2D eigenvalue weighted by Crippen LogP contribution is 2.41. The van der Waals surface area contributed by atoms with Crippen molar-refractivity contribution in [1.29, 1.82) is 0 Å². The van der Waals surface area contributed by atoms with E-state index in [1.165, 1.54) is 6.26 Å². The standard InChI is InChI=1S/C21H18N2O4S2/c1-29(24,25)16-7-5-15(6-8-16)23-18(12-17(22-23)21-3-2-10-28-21)14-4-9-19-20(11-14)27-13-26-19/h2-11,18H,12-13H2,1H3. The van der Waals surface area contributed by atoms with Crippen LogP contribution < -0.4 is 14.5 Å². The lowest BCUT2D eigenvalue weighted by molar-refractivity contribution is 0.174. The number of nitrogens with zero attached hydrogens (tertiary/aromatic N) is 2. The molecule has 1 unspecified atom stereocenters. The summed E-state index contributed by atoms with van der Waals surface area (Å²) < 4.78 is 34.6. The minimum atomic E-state index is -3.24. The lowest BCUT2D eigenvalue weighted by Gasteiger charge is -2.24. The van der Waals surface area contributed by atoms with Gasteiger partial charge in [0.15, 0.2) is 21.3 Å². The molecule has 3 aromatic rings. The second-order valence-electron chi connectivity index (χ2n) is 6.97. The molecule has 1 atom stereocenters. The minimum absolute atomic E-state index is 0.0225. The van der Waals surface area contributed by atoms with E-state index in [9.17, 15) is 8.42 Å². The average Bonchev–Trinajstić information content (AvgIpc) is 3.46. The Labute approximate surface area is 172 Å². The van der Waals surface area contributed by atoms with Gasteiger partial charge in [0.2, 0.25) is 6.79 Å². The first-order valence-electron chi connectivity index (χ1n) is 9.09. The summed E-state index contributed by atoms with van der Waals surface area (Å²) in [5.41, 5.74) is 2.92. The Bertz CT molecular complexity index is 1190. The number of hydrogen-bond acceptors (Lipinski definition) is 7. The summed E-state index contributed by atoms with van der Waals surface area (Å²) in [5, 5.41) is 8.88. The van der Waals surface area contributed by atoms with Gasteiger partial charge in [-0.3, -0.25) is 5.01 Å². The minimum Gasteiger partial charge on any atom is -0.454 e. The largest absolute Gasteiger partial charge is 0.454 e. The maximum absolute atomic E-state index is 11.8. The highest BCUT2D eigenvalue weighted by Gasteiger charge is 2.31. The van der Waals surface area contributed by atoms with E-state index in [1.807, 2.05) is 34.7 Å². The molecule has 0 N–H and O–H groups in total. The van der Waals surface area contributed by atoms with Crippen LogP contribution in [0, 0.1) is 0 Å². The van der Waals surface area contributed by atoms with Crippen LogP contribution in [0.25, 0.3) is 0 Å². The van der Waals surface area contributed by atoms with Crippen molar-refractivity contribution in [2.75, 3.05) is 18.1 Å². The molecule has 0 fully saturated rings. The number of ether oxygens (including phenoxy) is 2. The van der Waals surface area contributed by atoms with Crippen LogP contribution in [0.5, 0.6) is 11.5 Å². The number of rotatable bonds is 4. The van der Waals surface area contributed by atoms with Crippen LogP contribution in [-0.2, 0) is 9.84 Å². The number of benzene rings is 2. The molecule has 1 aromatic heterocycles. The fourth-order valence-corrected chi connectivity index (χ4v) is 4.92. The Morgan fingerprint density at radius 2 is 1.86 bits per heavy atom. The van der Waals surface area contributed by atoms with Crippen molar-refractivity contribution < 1.29 is 17.9 Å². The number of fused-ring (bicyclic) bond motifs is 1. The SMILES string of the molecule is CS(=O)(=O)c1ccc(N2N=C(c3cccs3)CC2c2ccc3c(c2)OCO3)cc1. The molecule has 6 nitrogen and oxygen atoms in total. The molecule has 3 heterocycles. The van der Waals surface area contributed by atoms with Gasteiger partial charge in [-0.05, 0) is 53.4 Å². The van der Waals surface area contributed by atoms with Gasteiger partial charge in [0.1, 0.15) is 0 Å². The lowest BCUT2D eigenvalue weighted by Crippen LogP contribution is -2.18. The highest BCUT2D eigenvalue weighted by molar-refractivity contribution is 7.90. The van der Waals surface area contributed by atoms with Crippen molar-refractivity contribution in [3.05, 3.63) is 70.4 Å². The monoisotopic (exact) mass is 426 g/mol. The van der Waals surface area contributed by atoms with Crippen molar-refractivity contribution in [1.82, 2.24) is 0 Å². The van der Waals surface area contributed by atoms with Crippen LogP contribution in [0.4, 0.5) is 5.69 Å². The van der Waals surface area contributed by atoms with Gasteiger partial charge in [-0.25, -0.2) is 8.42 Å². The van der Waals surface area contributed by atoms with E-state index in [0.717, 1.165) is 39.8 Å². The first-order valence-corrected chi connectivity index (χ1v) is 11.9. The molecule has 0 aliphatic carbocycles.